The van der Waals surface area contributed by atoms with Crippen LogP contribution in [0, 0.1) is 0 Å². The molecule has 0 aliphatic rings. The largest absolute Gasteiger partial charge is 0.0919 e. The molecule has 0 spiro atoms. The van der Waals surface area contributed by atoms with Gasteiger partial charge in [0.1, 0.15) is 0 Å². The van der Waals surface area contributed by atoms with Crippen LogP contribution in [-0.4, -0.2) is 0 Å². The Morgan fingerprint density at radius 2 is 0.800 bits per heavy atom. The lowest BCUT2D eigenvalue weighted by atomic mass is 10.4. The molecule has 0 saturated heterocycles. The summed E-state index contributed by atoms with van der Waals surface area (Å²) in [7, 11) is 0. The molecule has 54 valence electrons. The van der Waals surface area contributed by atoms with E-state index in [-0.39, 0.29) is 0 Å². The fourth-order valence-electron chi connectivity index (χ4n) is 0.385. The summed E-state index contributed by atoms with van der Waals surface area (Å²) in [6.07, 6.45) is 4.00. The van der Waals surface area contributed by atoms with Crippen LogP contribution < -0.4 is 0 Å². The third kappa shape index (κ3) is 6.96. The van der Waals surface area contributed by atoms with Crippen LogP contribution in [0.15, 0.2) is 48.6 Å². The molecule has 1 aromatic rings. The van der Waals surface area contributed by atoms with Crippen LogP contribution in [0.3, 0.4) is 0 Å². The molecule has 0 fully saturated rings. The topological polar surface area (TPSA) is 0 Å². The molecule has 0 nitrogen and oxygen atoms in total. The average Bonchev–Trinajstić information content (AvgIpc) is 2.08. The first-order valence-corrected chi connectivity index (χ1v) is 3.49. The Kier molecular flexibility index (Phi) is 7.13. The lowest BCUT2D eigenvalue weighted by Gasteiger charge is -1.69. The minimum absolute atomic E-state index is 2.00. The van der Waals surface area contributed by atoms with Crippen molar-refractivity contribution in [2.45, 2.75) is 13.8 Å². The number of allylic oxidation sites excluding steroid dienone is 2. The predicted molar refractivity (Wildman–Crippen MR) is 46.9 cm³/mol. The van der Waals surface area contributed by atoms with Crippen molar-refractivity contribution in [3.63, 3.8) is 0 Å². The molecule has 0 atom stereocenters. The number of benzene rings is 1. The third-order valence-electron chi connectivity index (χ3n) is 1.00. The van der Waals surface area contributed by atoms with Gasteiger partial charge in [0.2, 0.25) is 0 Å². The zero-order chi connectivity index (χ0) is 7.66. The highest BCUT2D eigenvalue weighted by Gasteiger charge is 1.57. The van der Waals surface area contributed by atoms with Gasteiger partial charge in [-0.3, -0.25) is 0 Å². The van der Waals surface area contributed by atoms with E-state index in [0.717, 1.165) is 0 Å². The lowest BCUT2D eigenvalue weighted by Crippen LogP contribution is -1.47. The van der Waals surface area contributed by atoms with Crippen LogP contribution in [0.5, 0.6) is 0 Å². The van der Waals surface area contributed by atoms with Crippen molar-refractivity contribution in [2.75, 3.05) is 0 Å². The second-order valence-corrected chi connectivity index (χ2v) is 1.82. The number of hydrogen-bond donors (Lipinski definition) is 0. The van der Waals surface area contributed by atoms with E-state index in [4.69, 9.17) is 0 Å². The molecule has 0 aliphatic carbocycles. The Hall–Kier alpha value is -1.04. The first-order chi connectivity index (χ1) is 4.91. The van der Waals surface area contributed by atoms with Crippen molar-refractivity contribution >= 4 is 0 Å². The first-order valence-electron chi connectivity index (χ1n) is 3.49. The summed E-state index contributed by atoms with van der Waals surface area (Å²) >= 11 is 0. The summed E-state index contributed by atoms with van der Waals surface area (Å²) in [5.74, 6) is 0. The quantitative estimate of drug-likeness (QED) is 0.478. The maximum absolute atomic E-state index is 2.00. The highest BCUT2D eigenvalue weighted by molar-refractivity contribution is 4.99. The Labute approximate surface area is 63.2 Å². The van der Waals surface area contributed by atoms with Crippen LogP contribution >= 0.6 is 0 Å². The van der Waals surface area contributed by atoms with Crippen molar-refractivity contribution in [3.05, 3.63) is 48.6 Å². The SMILES string of the molecule is C/C=C/C.c1ccccc1. The molecular weight excluding hydrogens is 120 g/mol. The van der Waals surface area contributed by atoms with E-state index < -0.39 is 0 Å². The predicted octanol–water partition coefficient (Wildman–Crippen LogP) is 3.27. The monoisotopic (exact) mass is 134 g/mol. The van der Waals surface area contributed by atoms with Crippen LogP contribution in [0.1, 0.15) is 13.8 Å². The van der Waals surface area contributed by atoms with E-state index in [1.165, 1.54) is 0 Å². The van der Waals surface area contributed by atoms with Gasteiger partial charge < -0.3 is 0 Å². The maximum Gasteiger partial charge on any atom is -0.0470 e. The van der Waals surface area contributed by atoms with Gasteiger partial charge in [-0.05, 0) is 13.8 Å². The van der Waals surface area contributed by atoms with E-state index in [9.17, 15) is 0 Å². The van der Waals surface area contributed by atoms with E-state index in [2.05, 4.69) is 0 Å². The molecule has 1 aromatic carbocycles. The van der Waals surface area contributed by atoms with E-state index in [1.807, 2.05) is 62.4 Å². The van der Waals surface area contributed by atoms with Crippen molar-refractivity contribution < 1.29 is 0 Å². The molecule has 0 unspecified atom stereocenters. The van der Waals surface area contributed by atoms with Gasteiger partial charge in [-0.1, -0.05) is 48.6 Å². The third-order valence-corrected chi connectivity index (χ3v) is 1.00. The summed E-state index contributed by atoms with van der Waals surface area (Å²) in [5.41, 5.74) is 0. The van der Waals surface area contributed by atoms with Crippen molar-refractivity contribution in [1.82, 2.24) is 0 Å². The average molecular weight is 134 g/mol. The lowest BCUT2D eigenvalue weighted by molar-refractivity contribution is 1.64. The minimum atomic E-state index is 2.00. The molecule has 0 aromatic heterocycles. The molecular formula is C10H14. The Morgan fingerprint density at radius 1 is 0.600 bits per heavy atom. The summed E-state index contributed by atoms with van der Waals surface area (Å²) in [6.45, 7) is 4.00. The molecule has 0 heteroatoms. The van der Waals surface area contributed by atoms with Crippen LogP contribution in [0.2, 0.25) is 0 Å². The van der Waals surface area contributed by atoms with Crippen LogP contribution in [-0.2, 0) is 0 Å². The Bertz CT molecular complexity index is 120. The van der Waals surface area contributed by atoms with Crippen LogP contribution in [0.4, 0.5) is 0 Å². The van der Waals surface area contributed by atoms with Gasteiger partial charge in [-0.2, -0.15) is 0 Å². The van der Waals surface area contributed by atoms with Gasteiger partial charge in [0.25, 0.3) is 0 Å². The standard InChI is InChI=1S/C6H6.C4H8/c1-2-4-6-5-3-1;1-3-4-2/h1-6H;3-4H,1-2H3/b;4-3+. The fraction of sp³-hybridized carbons (Fsp3) is 0.200. The van der Waals surface area contributed by atoms with Gasteiger partial charge in [0.05, 0.1) is 0 Å². The Morgan fingerprint density at radius 3 is 0.900 bits per heavy atom. The van der Waals surface area contributed by atoms with Gasteiger partial charge in [0, 0.05) is 0 Å². The molecule has 0 heterocycles. The molecule has 1 rings (SSSR count). The van der Waals surface area contributed by atoms with Crippen molar-refractivity contribution in [2.24, 2.45) is 0 Å². The highest BCUT2D eigenvalue weighted by atomic mass is 13.6. The maximum atomic E-state index is 2.00. The highest BCUT2D eigenvalue weighted by Crippen LogP contribution is 1.79. The Balaban J connectivity index is 0.000000180. The smallest absolute Gasteiger partial charge is 0.0470 e. The van der Waals surface area contributed by atoms with E-state index in [1.54, 1.807) is 0 Å². The number of hydrogen-bond acceptors (Lipinski definition) is 0. The van der Waals surface area contributed by atoms with Crippen molar-refractivity contribution in [1.29, 1.82) is 0 Å². The van der Waals surface area contributed by atoms with Gasteiger partial charge in [0.15, 0.2) is 0 Å². The first kappa shape index (κ1) is 8.96. The molecule has 0 bridgehead atoms. The second-order valence-electron chi connectivity index (χ2n) is 1.82. The van der Waals surface area contributed by atoms with Gasteiger partial charge in [-0.25, -0.2) is 0 Å². The van der Waals surface area contributed by atoms with Crippen molar-refractivity contribution in [3.8, 4) is 0 Å². The van der Waals surface area contributed by atoms with E-state index >= 15 is 0 Å². The number of rotatable bonds is 0. The van der Waals surface area contributed by atoms with Crippen LogP contribution in [0.25, 0.3) is 0 Å². The molecule has 0 amide bonds. The molecule has 0 radical (unpaired) electrons. The molecule has 0 saturated carbocycles. The summed E-state index contributed by atoms with van der Waals surface area (Å²) in [6, 6.07) is 12.0. The second kappa shape index (κ2) is 7.96. The normalized spacial score (nSPS) is 8.60. The summed E-state index contributed by atoms with van der Waals surface area (Å²) < 4.78 is 0. The summed E-state index contributed by atoms with van der Waals surface area (Å²) in [5, 5.41) is 0. The van der Waals surface area contributed by atoms with E-state index in [0.29, 0.717) is 0 Å². The molecule has 0 aliphatic heterocycles. The fourth-order valence-corrected chi connectivity index (χ4v) is 0.385. The summed E-state index contributed by atoms with van der Waals surface area (Å²) in [4.78, 5) is 0. The minimum Gasteiger partial charge on any atom is -0.0919 e. The van der Waals surface area contributed by atoms with Gasteiger partial charge >= 0.3 is 0 Å². The molecule has 10 heavy (non-hydrogen) atoms. The van der Waals surface area contributed by atoms with Gasteiger partial charge in [-0.15, -0.1) is 0 Å². The molecule has 0 N–H and O–H groups in total. The zero-order valence-corrected chi connectivity index (χ0v) is 6.62. The zero-order valence-electron chi connectivity index (χ0n) is 6.62.